The average molecular weight is 290 g/mol. The van der Waals surface area contributed by atoms with Gasteiger partial charge in [0, 0.05) is 63.0 Å². The van der Waals surface area contributed by atoms with E-state index in [4.69, 9.17) is 0 Å². The van der Waals surface area contributed by atoms with Crippen molar-refractivity contribution in [1.29, 1.82) is 0 Å². The first-order chi connectivity index (χ1) is 10.2. The summed E-state index contributed by atoms with van der Waals surface area (Å²) in [6.07, 6.45) is 0. The minimum Gasteiger partial charge on any atom is -0.314 e. The molecule has 6 heteroatoms. The van der Waals surface area contributed by atoms with E-state index >= 15 is 0 Å². The summed E-state index contributed by atoms with van der Waals surface area (Å²) in [6, 6.07) is 7.80. The number of rotatable bonds is 4. The first-order valence-electron chi connectivity index (χ1n) is 7.59. The predicted molar refractivity (Wildman–Crippen MR) is 81.3 cm³/mol. The average Bonchev–Trinajstić information content (AvgIpc) is 2.46. The number of nitrogens with zero attached hydrogens (tertiary/aromatic N) is 3. The lowest BCUT2D eigenvalue weighted by Gasteiger charge is -2.49. The lowest BCUT2D eigenvalue weighted by molar-refractivity contribution is -0.386. The van der Waals surface area contributed by atoms with E-state index in [1.807, 2.05) is 12.1 Å². The van der Waals surface area contributed by atoms with Gasteiger partial charge in [0.25, 0.3) is 5.69 Å². The Morgan fingerprint density at radius 2 is 1.95 bits per heavy atom. The molecule has 2 aliphatic heterocycles. The van der Waals surface area contributed by atoms with Crippen LogP contribution in [0.15, 0.2) is 24.3 Å². The molecular formula is C15H22N4O2. The normalized spacial score (nSPS) is 22.7. The Kier molecular flexibility index (Phi) is 4.19. The fraction of sp³-hybridized carbons (Fsp3) is 0.600. The van der Waals surface area contributed by atoms with Gasteiger partial charge in [0.05, 0.1) is 4.92 Å². The SMILES string of the molecule is CC(c1ccccc1[N+](=O)[O-])N1CC(N2CCNCC2)C1. The Labute approximate surface area is 124 Å². The minimum absolute atomic E-state index is 0.103. The van der Waals surface area contributed by atoms with Crippen LogP contribution in [-0.4, -0.2) is 60.0 Å². The predicted octanol–water partition coefficient (Wildman–Crippen LogP) is 1.25. The van der Waals surface area contributed by atoms with Gasteiger partial charge in [-0.3, -0.25) is 19.9 Å². The zero-order chi connectivity index (χ0) is 14.8. The molecule has 1 N–H and O–H groups in total. The Morgan fingerprint density at radius 3 is 2.62 bits per heavy atom. The summed E-state index contributed by atoms with van der Waals surface area (Å²) >= 11 is 0. The van der Waals surface area contributed by atoms with Crippen LogP contribution in [0.5, 0.6) is 0 Å². The van der Waals surface area contributed by atoms with Crippen molar-refractivity contribution in [3.05, 3.63) is 39.9 Å². The van der Waals surface area contributed by atoms with Gasteiger partial charge in [-0.25, -0.2) is 0 Å². The summed E-state index contributed by atoms with van der Waals surface area (Å²) in [4.78, 5) is 15.7. The van der Waals surface area contributed by atoms with Crippen LogP contribution in [-0.2, 0) is 0 Å². The van der Waals surface area contributed by atoms with Crippen molar-refractivity contribution in [3.8, 4) is 0 Å². The molecule has 114 valence electrons. The second-order valence-corrected chi connectivity index (χ2v) is 5.89. The van der Waals surface area contributed by atoms with E-state index in [1.165, 1.54) is 0 Å². The zero-order valence-electron chi connectivity index (χ0n) is 12.4. The summed E-state index contributed by atoms with van der Waals surface area (Å²) in [5.74, 6) is 0. The van der Waals surface area contributed by atoms with Crippen molar-refractivity contribution < 1.29 is 4.92 Å². The van der Waals surface area contributed by atoms with Gasteiger partial charge in [0.2, 0.25) is 0 Å². The van der Waals surface area contributed by atoms with Crippen LogP contribution in [0.4, 0.5) is 5.69 Å². The summed E-state index contributed by atoms with van der Waals surface area (Å²) in [5, 5.41) is 14.5. The van der Waals surface area contributed by atoms with Crippen LogP contribution in [0.2, 0.25) is 0 Å². The molecule has 0 bridgehead atoms. The highest BCUT2D eigenvalue weighted by atomic mass is 16.6. The lowest BCUT2D eigenvalue weighted by Crippen LogP contribution is -2.62. The van der Waals surface area contributed by atoms with Gasteiger partial charge in [0.1, 0.15) is 0 Å². The third-order valence-electron chi connectivity index (χ3n) is 4.69. The van der Waals surface area contributed by atoms with E-state index in [0.29, 0.717) is 6.04 Å². The highest BCUT2D eigenvalue weighted by Gasteiger charge is 2.36. The first kappa shape index (κ1) is 14.4. The maximum atomic E-state index is 11.1. The first-order valence-corrected chi connectivity index (χ1v) is 7.59. The van der Waals surface area contributed by atoms with Crippen molar-refractivity contribution in [2.45, 2.75) is 19.0 Å². The Morgan fingerprint density at radius 1 is 1.29 bits per heavy atom. The molecule has 0 radical (unpaired) electrons. The minimum atomic E-state index is -0.278. The number of nitrogens with one attached hydrogen (secondary N) is 1. The van der Waals surface area contributed by atoms with Gasteiger partial charge in [-0.15, -0.1) is 0 Å². The molecule has 0 spiro atoms. The molecule has 21 heavy (non-hydrogen) atoms. The number of para-hydroxylation sites is 1. The molecule has 1 aromatic carbocycles. The van der Waals surface area contributed by atoms with E-state index in [1.54, 1.807) is 12.1 Å². The van der Waals surface area contributed by atoms with Crippen LogP contribution in [0, 0.1) is 10.1 Å². The molecule has 0 aromatic heterocycles. The zero-order valence-corrected chi connectivity index (χ0v) is 12.4. The third-order valence-corrected chi connectivity index (χ3v) is 4.69. The largest absolute Gasteiger partial charge is 0.314 e. The standard InChI is InChI=1S/C15H22N4O2/c1-12(14-4-2-3-5-15(14)19(20)21)18-10-13(11-18)17-8-6-16-7-9-17/h2-5,12-13,16H,6-11H2,1H3. The number of nitro benzene ring substituents is 1. The van der Waals surface area contributed by atoms with Crippen LogP contribution >= 0.6 is 0 Å². The maximum absolute atomic E-state index is 11.1. The third kappa shape index (κ3) is 2.92. The molecule has 0 amide bonds. The molecule has 1 atom stereocenters. The van der Waals surface area contributed by atoms with Crippen LogP contribution in [0.1, 0.15) is 18.5 Å². The maximum Gasteiger partial charge on any atom is 0.274 e. The summed E-state index contributed by atoms with van der Waals surface area (Å²) in [6.45, 7) is 8.43. The number of piperazine rings is 1. The molecule has 0 saturated carbocycles. The molecule has 1 unspecified atom stereocenters. The second-order valence-electron chi connectivity index (χ2n) is 5.89. The van der Waals surface area contributed by atoms with Gasteiger partial charge < -0.3 is 5.32 Å². The van der Waals surface area contributed by atoms with Crippen molar-refractivity contribution in [2.24, 2.45) is 0 Å². The van der Waals surface area contributed by atoms with E-state index < -0.39 is 0 Å². The highest BCUT2D eigenvalue weighted by molar-refractivity contribution is 5.42. The number of hydrogen-bond donors (Lipinski definition) is 1. The van der Waals surface area contributed by atoms with Gasteiger partial charge in [-0.1, -0.05) is 18.2 Å². The second kappa shape index (κ2) is 6.09. The Balaban J connectivity index is 1.63. The van der Waals surface area contributed by atoms with Crippen molar-refractivity contribution in [1.82, 2.24) is 15.1 Å². The van der Waals surface area contributed by atoms with Gasteiger partial charge in [0.15, 0.2) is 0 Å². The molecule has 2 aliphatic rings. The van der Waals surface area contributed by atoms with E-state index in [0.717, 1.165) is 44.8 Å². The summed E-state index contributed by atoms with van der Waals surface area (Å²) in [7, 11) is 0. The molecule has 1 aromatic rings. The quantitative estimate of drug-likeness (QED) is 0.668. The fourth-order valence-electron chi connectivity index (χ4n) is 3.29. The highest BCUT2D eigenvalue weighted by Crippen LogP contribution is 2.32. The van der Waals surface area contributed by atoms with Crippen molar-refractivity contribution >= 4 is 5.69 Å². The van der Waals surface area contributed by atoms with Gasteiger partial charge in [-0.05, 0) is 6.92 Å². The monoisotopic (exact) mass is 290 g/mol. The molecule has 6 nitrogen and oxygen atoms in total. The summed E-state index contributed by atoms with van der Waals surface area (Å²) in [5.41, 5.74) is 1.05. The number of likely N-dealkylation sites (tertiary alicyclic amines) is 1. The lowest BCUT2D eigenvalue weighted by atomic mass is 9.98. The number of nitro groups is 1. The van der Waals surface area contributed by atoms with E-state index in [2.05, 4.69) is 22.0 Å². The van der Waals surface area contributed by atoms with Crippen LogP contribution in [0.25, 0.3) is 0 Å². The molecule has 2 saturated heterocycles. The summed E-state index contributed by atoms with van der Waals surface area (Å²) < 4.78 is 0. The molecule has 2 heterocycles. The van der Waals surface area contributed by atoms with Crippen LogP contribution < -0.4 is 5.32 Å². The number of hydrogen-bond acceptors (Lipinski definition) is 5. The van der Waals surface area contributed by atoms with Gasteiger partial charge in [-0.2, -0.15) is 0 Å². The van der Waals surface area contributed by atoms with Crippen molar-refractivity contribution in [2.75, 3.05) is 39.3 Å². The van der Waals surface area contributed by atoms with E-state index in [9.17, 15) is 10.1 Å². The molecule has 3 rings (SSSR count). The van der Waals surface area contributed by atoms with Gasteiger partial charge >= 0.3 is 0 Å². The fourth-order valence-corrected chi connectivity index (χ4v) is 3.29. The Hall–Kier alpha value is -1.50. The van der Waals surface area contributed by atoms with Crippen molar-refractivity contribution in [3.63, 3.8) is 0 Å². The molecule has 2 fully saturated rings. The van der Waals surface area contributed by atoms with E-state index in [-0.39, 0.29) is 16.7 Å². The number of benzene rings is 1. The topological polar surface area (TPSA) is 61.7 Å². The smallest absolute Gasteiger partial charge is 0.274 e. The molecule has 0 aliphatic carbocycles. The molecular weight excluding hydrogens is 268 g/mol. The van der Waals surface area contributed by atoms with Crippen LogP contribution in [0.3, 0.4) is 0 Å². The Bertz CT molecular complexity index is 510.